The second kappa shape index (κ2) is 7.17. The topological polar surface area (TPSA) is 29.5 Å². The van der Waals surface area contributed by atoms with E-state index in [1.165, 1.54) is 0 Å². The predicted molar refractivity (Wildman–Crippen MR) is 69.3 cm³/mol. The molecule has 1 N–H and O–H groups in total. The van der Waals surface area contributed by atoms with Gasteiger partial charge < -0.3 is 9.84 Å². The van der Waals surface area contributed by atoms with E-state index < -0.39 is 0 Å². The van der Waals surface area contributed by atoms with Crippen LogP contribution in [-0.2, 0) is 4.74 Å². The van der Waals surface area contributed by atoms with Crippen LogP contribution in [0.15, 0.2) is 29.2 Å². The molecule has 1 aromatic rings. The van der Waals surface area contributed by atoms with Crippen LogP contribution in [0.5, 0.6) is 0 Å². The number of ether oxygens (including phenoxy) is 1. The minimum absolute atomic E-state index is 0.0543. The van der Waals surface area contributed by atoms with E-state index in [0.717, 1.165) is 15.7 Å². The van der Waals surface area contributed by atoms with Gasteiger partial charge >= 0.3 is 0 Å². The maximum atomic E-state index is 9.14. The Balaban J connectivity index is 2.40. The van der Waals surface area contributed by atoms with Crippen molar-refractivity contribution in [1.29, 1.82) is 0 Å². The standard InChI is InChI=1S/C12H17ClO2S/c1-9(2)15-11(7-14)8-16-12-5-3-10(13)4-6-12/h3-6,9,11,14H,7-8H2,1-2H3. The normalized spacial score (nSPS) is 13.1. The van der Waals surface area contributed by atoms with Crippen molar-refractivity contribution < 1.29 is 9.84 Å². The molecule has 0 heterocycles. The third-order valence-corrected chi connectivity index (χ3v) is 3.31. The first-order valence-corrected chi connectivity index (χ1v) is 6.63. The smallest absolute Gasteiger partial charge is 0.0902 e. The molecular formula is C12H17ClO2S. The van der Waals surface area contributed by atoms with Crippen LogP contribution in [0.3, 0.4) is 0 Å². The lowest BCUT2D eigenvalue weighted by Crippen LogP contribution is -2.24. The van der Waals surface area contributed by atoms with E-state index in [4.69, 9.17) is 21.4 Å². The Bertz CT molecular complexity index is 300. The van der Waals surface area contributed by atoms with Crippen molar-refractivity contribution in [2.45, 2.75) is 31.0 Å². The van der Waals surface area contributed by atoms with E-state index in [0.29, 0.717) is 0 Å². The summed E-state index contributed by atoms with van der Waals surface area (Å²) in [5, 5.41) is 9.88. The lowest BCUT2D eigenvalue weighted by atomic mass is 10.4. The molecule has 0 bridgehead atoms. The van der Waals surface area contributed by atoms with E-state index in [2.05, 4.69) is 0 Å². The highest BCUT2D eigenvalue weighted by atomic mass is 35.5. The molecule has 0 aliphatic rings. The van der Waals surface area contributed by atoms with Gasteiger partial charge in [0.1, 0.15) is 0 Å². The Morgan fingerprint density at radius 3 is 2.44 bits per heavy atom. The fourth-order valence-corrected chi connectivity index (χ4v) is 2.26. The molecule has 0 radical (unpaired) electrons. The van der Waals surface area contributed by atoms with Crippen LogP contribution in [0, 0.1) is 0 Å². The molecule has 0 spiro atoms. The molecule has 0 fully saturated rings. The summed E-state index contributed by atoms with van der Waals surface area (Å²) < 4.78 is 5.55. The molecule has 0 aromatic heterocycles. The molecule has 90 valence electrons. The zero-order valence-corrected chi connectivity index (χ0v) is 11.1. The second-order valence-corrected chi connectivity index (χ2v) is 5.28. The number of benzene rings is 1. The summed E-state index contributed by atoms with van der Waals surface area (Å²) in [4.78, 5) is 1.13. The SMILES string of the molecule is CC(C)OC(CO)CSc1ccc(Cl)cc1. The van der Waals surface area contributed by atoms with Gasteiger partial charge in [0.05, 0.1) is 18.8 Å². The molecule has 0 saturated carbocycles. The van der Waals surface area contributed by atoms with Crippen molar-refractivity contribution >= 4 is 23.4 Å². The van der Waals surface area contributed by atoms with Crippen molar-refractivity contribution in [3.63, 3.8) is 0 Å². The first kappa shape index (κ1) is 13.8. The van der Waals surface area contributed by atoms with E-state index in [-0.39, 0.29) is 18.8 Å². The average molecular weight is 261 g/mol. The van der Waals surface area contributed by atoms with Gasteiger partial charge in [0, 0.05) is 15.7 Å². The van der Waals surface area contributed by atoms with Gasteiger partial charge in [-0.1, -0.05) is 11.6 Å². The number of rotatable bonds is 6. The van der Waals surface area contributed by atoms with Crippen molar-refractivity contribution in [1.82, 2.24) is 0 Å². The van der Waals surface area contributed by atoms with Crippen molar-refractivity contribution in [2.75, 3.05) is 12.4 Å². The molecule has 0 saturated heterocycles. The third-order valence-electron chi connectivity index (χ3n) is 1.92. The number of aliphatic hydroxyl groups is 1. The third kappa shape index (κ3) is 5.21. The minimum atomic E-state index is -0.110. The Kier molecular flexibility index (Phi) is 6.21. The largest absolute Gasteiger partial charge is 0.394 e. The molecule has 1 rings (SSSR count). The number of hydrogen-bond acceptors (Lipinski definition) is 3. The van der Waals surface area contributed by atoms with Gasteiger partial charge in [-0.3, -0.25) is 0 Å². The molecule has 1 atom stereocenters. The highest BCUT2D eigenvalue weighted by molar-refractivity contribution is 7.99. The van der Waals surface area contributed by atoms with Gasteiger partial charge in [0.25, 0.3) is 0 Å². The summed E-state index contributed by atoms with van der Waals surface area (Å²) >= 11 is 7.46. The van der Waals surface area contributed by atoms with Crippen molar-refractivity contribution in [3.8, 4) is 0 Å². The highest BCUT2D eigenvalue weighted by Crippen LogP contribution is 2.21. The molecule has 0 aliphatic carbocycles. The summed E-state index contributed by atoms with van der Waals surface area (Å²) in [5.74, 6) is 0.746. The monoisotopic (exact) mass is 260 g/mol. The lowest BCUT2D eigenvalue weighted by molar-refractivity contribution is -0.00934. The molecule has 1 unspecified atom stereocenters. The van der Waals surface area contributed by atoms with Crippen molar-refractivity contribution in [3.05, 3.63) is 29.3 Å². The van der Waals surface area contributed by atoms with Gasteiger partial charge in [-0.05, 0) is 38.1 Å². The molecule has 2 nitrogen and oxygen atoms in total. The van der Waals surface area contributed by atoms with Crippen LogP contribution in [0.25, 0.3) is 0 Å². The van der Waals surface area contributed by atoms with Crippen LogP contribution in [0.2, 0.25) is 5.02 Å². The molecule has 1 aromatic carbocycles. The Morgan fingerprint density at radius 1 is 1.31 bits per heavy atom. The maximum Gasteiger partial charge on any atom is 0.0902 e. The zero-order valence-electron chi connectivity index (χ0n) is 9.52. The lowest BCUT2D eigenvalue weighted by Gasteiger charge is -2.17. The molecule has 4 heteroatoms. The van der Waals surface area contributed by atoms with E-state index >= 15 is 0 Å². The maximum absolute atomic E-state index is 9.14. The van der Waals surface area contributed by atoms with Crippen LogP contribution < -0.4 is 0 Å². The van der Waals surface area contributed by atoms with E-state index in [1.807, 2.05) is 38.1 Å². The molecule has 0 aliphatic heterocycles. The quantitative estimate of drug-likeness (QED) is 0.797. The number of hydrogen-bond donors (Lipinski definition) is 1. The zero-order chi connectivity index (χ0) is 12.0. The molecular weight excluding hydrogens is 244 g/mol. The Hall–Kier alpha value is -0.220. The van der Waals surface area contributed by atoms with Gasteiger partial charge in [-0.25, -0.2) is 0 Å². The summed E-state index contributed by atoms with van der Waals surface area (Å²) in [6.45, 7) is 3.99. The fourth-order valence-electron chi connectivity index (χ4n) is 1.24. The Labute approximate surface area is 106 Å². The first-order chi connectivity index (χ1) is 7.61. The average Bonchev–Trinajstić information content (AvgIpc) is 2.26. The van der Waals surface area contributed by atoms with Crippen LogP contribution >= 0.6 is 23.4 Å². The van der Waals surface area contributed by atoms with Gasteiger partial charge in [0.15, 0.2) is 0 Å². The summed E-state index contributed by atoms with van der Waals surface area (Å²) in [6.07, 6.45) is 0.0312. The first-order valence-electron chi connectivity index (χ1n) is 5.26. The minimum Gasteiger partial charge on any atom is -0.394 e. The van der Waals surface area contributed by atoms with Crippen LogP contribution in [-0.4, -0.2) is 29.7 Å². The number of aliphatic hydroxyl groups excluding tert-OH is 1. The van der Waals surface area contributed by atoms with Crippen LogP contribution in [0.1, 0.15) is 13.8 Å². The fraction of sp³-hybridized carbons (Fsp3) is 0.500. The number of halogens is 1. The number of thioether (sulfide) groups is 1. The van der Waals surface area contributed by atoms with E-state index in [9.17, 15) is 0 Å². The van der Waals surface area contributed by atoms with Crippen LogP contribution in [0.4, 0.5) is 0 Å². The molecule has 0 amide bonds. The second-order valence-electron chi connectivity index (χ2n) is 3.75. The van der Waals surface area contributed by atoms with E-state index in [1.54, 1.807) is 11.8 Å². The summed E-state index contributed by atoms with van der Waals surface area (Å²) in [5.41, 5.74) is 0. The van der Waals surface area contributed by atoms with Gasteiger partial charge in [0.2, 0.25) is 0 Å². The predicted octanol–water partition coefficient (Wildman–Crippen LogP) is 3.22. The van der Waals surface area contributed by atoms with Gasteiger partial charge in [-0.2, -0.15) is 0 Å². The summed E-state index contributed by atoms with van der Waals surface area (Å²) in [6, 6.07) is 7.66. The highest BCUT2D eigenvalue weighted by Gasteiger charge is 2.10. The summed E-state index contributed by atoms with van der Waals surface area (Å²) in [7, 11) is 0. The van der Waals surface area contributed by atoms with Gasteiger partial charge in [-0.15, -0.1) is 11.8 Å². The van der Waals surface area contributed by atoms with Crippen molar-refractivity contribution in [2.24, 2.45) is 0 Å². The Morgan fingerprint density at radius 2 is 1.94 bits per heavy atom. The molecule has 16 heavy (non-hydrogen) atoms.